The minimum Gasteiger partial charge on any atom is -0.465 e. The number of sulfonamides is 1. The molecule has 0 aliphatic carbocycles. The summed E-state index contributed by atoms with van der Waals surface area (Å²) >= 11 is 0. The van der Waals surface area contributed by atoms with Gasteiger partial charge in [-0.15, -0.1) is 0 Å². The largest absolute Gasteiger partial charge is 0.465 e. The normalized spacial score (nSPS) is 12.5. The second-order valence-corrected chi connectivity index (χ2v) is 14.6. The van der Waals surface area contributed by atoms with E-state index in [0.717, 1.165) is 28.2 Å². The van der Waals surface area contributed by atoms with Crippen LogP contribution >= 0.6 is 0 Å². The van der Waals surface area contributed by atoms with Crippen molar-refractivity contribution >= 4 is 16.0 Å². The van der Waals surface area contributed by atoms with Crippen molar-refractivity contribution in [1.82, 2.24) is 14.1 Å². The maximum atomic E-state index is 12.7. The summed E-state index contributed by atoms with van der Waals surface area (Å²) < 4.78 is 33.3. The van der Waals surface area contributed by atoms with Gasteiger partial charge in [0.05, 0.1) is 34.6 Å². The Morgan fingerprint density at radius 2 is 1.32 bits per heavy atom. The highest BCUT2D eigenvalue weighted by molar-refractivity contribution is 7.89. The SMILES string of the molecule is COC(=O)c1ccc(-c2cc(-c3cc(C(C)(C)C)cc(C(C)(C)C)c3)n(-c3ccc(S(=O)(=O)N(C)C)cc3)n2)cc1. The van der Waals surface area contributed by atoms with Crippen LogP contribution < -0.4 is 0 Å². The van der Waals surface area contributed by atoms with Crippen molar-refractivity contribution in [2.75, 3.05) is 21.2 Å². The molecule has 0 saturated carbocycles. The first-order valence-electron chi connectivity index (χ1n) is 13.5. The molecule has 0 fully saturated rings. The van der Waals surface area contributed by atoms with Crippen LogP contribution in [0.3, 0.4) is 0 Å². The maximum Gasteiger partial charge on any atom is 0.337 e. The summed E-state index contributed by atoms with van der Waals surface area (Å²) in [6.07, 6.45) is 0. The molecular weight excluding hydrogens is 534 g/mol. The van der Waals surface area contributed by atoms with E-state index in [9.17, 15) is 13.2 Å². The lowest BCUT2D eigenvalue weighted by Crippen LogP contribution is -2.22. The fraction of sp³-hybridized carbons (Fsp3) is 0.333. The minimum atomic E-state index is -3.57. The first-order valence-corrected chi connectivity index (χ1v) is 14.9. The molecule has 7 nitrogen and oxygen atoms in total. The quantitative estimate of drug-likeness (QED) is 0.236. The van der Waals surface area contributed by atoms with E-state index in [2.05, 4.69) is 59.7 Å². The van der Waals surface area contributed by atoms with Gasteiger partial charge in [0.2, 0.25) is 10.0 Å². The molecule has 3 aromatic carbocycles. The second-order valence-electron chi connectivity index (χ2n) is 12.5. The van der Waals surface area contributed by atoms with Gasteiger partial charge in [0.1, 0.15) is 0 Å². The Balaban J connectivity index is 1.94. The van der Waals surface area contributed by atoms with E-state index in [4.69, 9.17) is 9.84 Å². The zero-order valence-electron chi connectivity index (χ0n) is 25.3. The number of carbonyl (C=O) groups excluding carboxylic acids is 1. The molecule has 8 heteroatoms. The molecule has 0 saturated heterocycles. The van der Waals surface area contributed by atoms with Crippen LogP contribution in [0.2, 0.25) is 0 Å². The third-order valence-electron chi connectivity index (χ3n) is 7.13. The summed E-state index contributed by atoms with van der Waals surface area (Å²) in [4.78, 5) is 12.2. The number of hydrogen-bond donors (Lipinski definition) is 0. The van der Waals surface area contributed by atoms with Crippen molar-refractivity contribution in [3.63, 3.8) is 0 Å². The standard InChI is InChI=1S/C33H39N3O4S/c1-32(2,3)25-18-24(19-26(20-25)33(4,5)6)30-21-29(22-10-12-23(13-11-22)31(37)40-9)34-36(30)27-14-16-28(17-15-27)41(38,39)35(7)8/h10-21H,1-9H3. The van der Waals surface area contributed by atoms with Crippen LogP contribution in [0, 0.1) is 0 Å². The predicted molar refractivity (Wildman–Crippen MR) is 164 cm³/mol. The first kappa shape index (κ1) is 30.2. The van der Waals surface area contributed by atoms with Gasteiger partial charge in [0, 0.05) is 25.2 Å². The Bertz CT molecular complexity index is 1640. The zero-order valence-corrected chi connectivity index (χ0v) is 26.1. The molecule has 0 atom stereocenters. The monoisotopic (exact) mass is 573 g/mol. The molecule has 216 valence electrons. The van der Waals surface area contributed by atoms with Crippen molar-refractivity contribution in [3.8, 4) is 28.2 Å². The highest BCUT2D eigenvalue weighted by atomic mass is 32.2. The van der Waals surface area contributed by atoms with Gasteiger partial charge < -0.3 is 4.74 Å². The van der Waals surface area contributed by atoms with Crippen LogP contribution in [-0.4, -0.2) is 49.7 Å². The van der Waals surface area contributed by atoms with Gasteiger partial charge in [0.25, 0.3) is 0 Å². The van der Waals surface area contributed by atoms with Crippen molar-refractivity contribution in [1.29, 1.82) is 0 Å². The average molecular weight is 574 g/mol. The van der Waals surface area contributed by atoms with Crippen molar-refractivity contribution in [2.45, 2.75) is 57.3 Å². The number of ether oxygens (including phenoxy) is 1. The third-order valence-corrected chi connectivity index (χ3v) is 8.96. The molecule has 0 amide bonds. The van der Waals surface area contributed by atoms with Gasteiger partial charge in [-0.25, -0.2) is 22.2 Å². The predicted octanol–water partition coefficient (Wildman–Crippen LogP) is 6.84. The number of aromatic nitrogens is 2. The van der Waals surface area contributed by atoms with Crippen LogP contribution in [0.4, 0.5) is 0 Å². The van der Waals surface area contributed by atoms with Gasteiger partial charge >= 0.3 is 5.97 Å². The van der Waals surface area contributed by atoms with E-state index in [1.165, 1.54) is 36.6 Å². The number of carbonyl (C=O) groups is 1. The van der Waals surface area contributed by atoms with Crippen LogP contribution in [0.15, 0.2) is 77.7 Å². The molecule has 4 rings (SSSR count). The van der Waals surface area contributed by atoms with Crippen molar-refractivity contribution < 1.29 is 17.9 Å². The van der Waals surface area contributed by atoms with Crippen LogP contribution in [0.25, 0.3) is 28.2 Å². The molecule has 0 aliphatic heterocycles. The number of benzene rings is 3. The first-order chi connectivity index (χ1) is 19.0. The zero-order chi connectivity index (χ0) is 30.3. The van der Waals surface area contributed by atoms with Crippen LogP contribution in [-0.2, 0) is 25.6 Å². The summed E-state index contributed by atoms with van der Waals surface area (Å²) in [7, 11) is 0.822. The molecular formula is C33H39N3O4S. The Morgan fingerprint density at radius 1 is 0.780 bits per heavy atom. The average Bonchev–Trinajstić information content (AvgIpc) is 3.37. The fourth-order valence-corrected chi connectivity index (χ4v) is 5.33. The van der Waals surface area contributed by atoms with E-state index >= 15 is 0 Å². The molecule has 0 bridgehead atoms. The topological polar surface area (TPSA) is 81.5 Å². The number of methoxy groups -OCH3 is 1. The molecule has 1 aromatic heterocycles. The summed E-state index contributed by atoms with van der Waals surface area (Å²) in [5.41, 5.74) is 6.91. The second kappa shape index (κ2) is 10.9. The fourth-order valence-electron chi connectivity index (χ4n) is 4.43. The van der Waals surface area contributed by atoms with E-state index in [0.29, 0.717) is 5.56 Å². The highest BCUT2D eigenvalue weighted by Gasteiger charge is 2.24. The Morgan fingerprint density at radius 3 is 1.78 bits per heavy atom. The van der Waals surface area contributed by atoms with Gasteiger partial charge in [-0.3, -0.25) is 0 Å². The molecule has 1 heterocycles. The number of hydrogen-bond acceptors (Lipinski definition) is 5. The molecule has 0 unspecified atom stereocenters. The van der Waals surface area contributed by atoms with Gasteiger partial charge in [-0.1, -0.05) is 59.7 Å². The van der Waals surface area contributed by atoms with E-state index in [1.807, 2.05) is 22.9 Å². The Labute approximate surface area is 243 Å². The Hall–Kier alpha value is -3.75. The third kappa shape index (κ3) is 6.29. The molecule has 0 spiro atoms. The van der Waals surface area contributed by atoms with Crippen LogP contribution in [0.1, 0.15) is 63.0 Å². The van der Waals surface area contributed by atoms with E-state index < -0.39 is 16.0 Å². The van der Waals surface area contributed by atoms with Gasteiger partial charge in [-0.2, -0.15) is 5.10 Å². The van der Waals surface area contributed by atoms with E-state index in [-0.39, 0.29) is 15.7 Å². The molecule has 0 N–H and O–H groups in total. The number of rotatable bonds is 6. The lowest BCUT2D eigenvalue weighted by molar-refractivity contribution is 0.0600. The van der Waals surface area contributed by atoms with E-state index in [1.54, 1.807) is 36.4 Å². The number of nitrogens with zero attached hydrogens (tertiary/aromatic N) is 3. The highest BCUT2D eigenvalue weighted by Crippen LogP contribution is 2.36. The minimum absolute atomic E-state index is 0.0738. The molecule has 41 heavy (non-hydrogen) atoms. The Kier molecular flexibility index (Phi) is 8.04. The lowest BCUT2D eigenvalue weighted by atomic mass is 9.79. The maximum absolute atomic E-state index is 12.7. The molecule has 0 radical (unpaired) electrons. The van der Waals surface area contributed by atoms with Gasteiger partial charge in [-0.05, 0) is 76.6 Å². The summed E-state index contributed by atoms with van der Waals surface area (Å²) in [6.45, 7) is 13.2. The molecule has 0 aliphatic rings. The summed E-state index contributed by atoms with van der Waals surface area (Å²) in [5.74, 6) is -0.399. The molecule has 4 aromatic rings. The van der Waals surface area contributed by atoms with Gasteiger partial charge in [0.15, 0.2) is 0 Å². The van der Waals surface area contributed by atoms with Crippen molar-refractivity contribution in [3.05, 3.63) is 89.5 Å². The summed E-state index contributed by atoms with van der Waals surface area (Å²) in [6, 6.07) is 22.6. The number of esters is 1. The lowest BCUT2D eigenvalue weighted by Gasteiger charge is -2.26. The summed E-state index contributed by atoms with van der Waals surface area (Å²) in [5, 5.41) is 4.97. The van der Waals surface area contributed by atoms with Crippen molar-refractivity contribution in [2.24, 2.45) is 0 Å². The van der Waals surface area contributed by atoms with Crippen LogP contribution in [0.5, 0.6) is 0 Å². The smallest absolute Gasteiger partial charge is 0.337 e.